The van der Waals surface area contributed by atoms with Crippen LogP contribution in [0.15, 0.2) is 29.4 Å². The van der Waals surface area contributed by atoms with E-state index in [9.17, 15) is 9.59 Å². The van der Waals surface area contributed by atoms with E-state index in [1.165, 1.54) is 6.21 Å². The Bertz CT molecular complexity index is 485. The van der Waals surface area contributed by atoms with Gasteiger partial charge in [0, 0.05) is 0 Å². The molecule has 0 aromatic heterocycles. The Morgan fingerprint density at radius 2 is 2.29 bits per heavy atom. The number of benzene rings is 1. The summed E-state index contributed by atoms with van der Waals surface area (Å²) < 4.78 is 5.06. The van der Waals surface area contributed by atoms with Crippen LogP contribution in [0.25, 0.3) is 0 Å². The first-order valence-electron chi connectivity index (χ1n) is 4.98. The summed E-state index contributed by atoms with van der Waals surface area (Å²) in [6.07, 6.45) is 1.50. The largest absolute Gasteiger partial charge is 0.497 e. The van der Waals surface area contributed by atoms with Gasteiger partial charge < -0.3 is 4.74 Å². The van der Waals surface area contributed by atoms with E-state index in [-0.39, 0.29) is 12.5 Å². The zero-order valence-corrected chi connectivity index (χ0v) is 9.21. The maximum absolute atomic E-state index is 11.2. The summed E-state index contributed by atoms with van der Waals surface area (Å²) in [5.41, 5.74) is 0.788. The van der Waals surface area contributed by atoms with Crippen molar-refractivity contribution in [3.63, 3.8) is 0 Å². The van der Waals surface area contributed by atoms with Crippen LogP contribution >= 0.6 is 0 Å². The van der Waals surface area contributed by atoms with Crippen LogP contribution in [0.4, 0.5) is 4.79 Å². The summed E-state index contributed by atoms with van der Waals surface area (Å²) in [6, 6.07) is 6.72. The molecule has 0 radical (unpaired) electrons. The van der Waals surface area contributed by atoms with Gasteiger partial charge in [-0.2, -0.15) is 5.10 Å². The highest BCUT2D eigenvalue weighted by Gasteiger charge is 2.25. The molecule has 2 rings (SSSR count). The highest BCUT2D eigenvalue weighted by molar-refractivity contribution is 6.02. The average Bonchev–Trinajstić information content (AvgIpc) is 2.65. The summed E-state index contributed by atoms with van der Waals surface area (Å²) in [7, 11) is 1.57. The number of carbonyl (C=O) groups excluding carboxylic acids is 2. The molecule has 1 aliphatic heterocycles. The standard InChI is InChI=1S/C11H11N3O3/c1-17-9-4-2-3-8(5-9)6-12-14-7-10(15)13-11(14)16/h2-6H,7H2,1H3,(H,13,15,16)/b12-6+. The van der Waals surface area contributed by atoms with E-state index >= 15 is 0 Å². The number of ether oxygens (including phenoxy) is 1. The molecular formula is C11H11N3O3. The lowest BCUT2D eigenvalue weighted by Crippen LogP contribution is -2.24. The van der Waals surface area contributed by atoms with Crippen LogP contribution in [0.2, 0.25) is 0 Å². The predicted octanol–water partition coefficient (Wildman–Crippen LogP) is 0.581. The van der Waals surface area contributed by atoms with Crippen molar-refractivity contribution in [2.45, 2.75) is 0 Å². The fourth-order valence-electron chi connectivity index (χ4n) is 1.38. The molecule has 0 saturated carbocycles. The van der Waals surface area contributed by atoms with E-state index in [4.69, 9.17) is 4.74 Å². The molecule has 1 saturated heterocycles. The van der Waals surface area contributed by atoms with E-state index in [1.807, 2.05) is 18.2 Å². The molecule has 1 aliphatic rings. The molecule has 0 aliphatic carbocycles. The molecule has 1 N–H and O–H groups in total. The van der Waals surface area contributed by atoms with Crippen molar-refractivity contribution in [1.29, 1.82) is 0 Å². The SMILES string of the molecule is COc1cccc(/C=N/N2CC(=O)NC2=O)c1. The van der Waals surface area contributed by atoms with Crippen LogP contribution < -0.4 is 10.1 Å². The van der Waals surface area contributed by atoms with Gasteiger partial charge >= 0.3 is 6.03 Å². The number of amides is 3. The minimum absolute atomic E-state index is 0.0424. The van der Waals surface area contributed by atoms with E-state index in [1.54, 1.807) is 13.2 Å². The summed E-state index contributed by atoms with van der Waals surface area (Å²) in [5.74, 6) is 0.355. The third-order valence-corrected chi connectivity index (χ3v) is 2.21. The average molecular weight is 233 g/mol. The predicted molar refractivity (Wildman–Crippen MR) is 60.8 cm³/mol. The van der Waals surface area contributed by atoms with Gasteiger partial charge in [0.05, 0.1) is 13.3 Å². The molecule has 6 heteroatoms. The van der Waals surface area contributed by atoms with Crippen LogP contribution in [-0.4, -0.2) is 36.8 Å². The van der Waals surface area contributed by atoms with Crippen molar-refractivity contribution in [3.8, 4) is 5.75 Å². The zero-order chi connectivity index (χ0) is 12.3. The van der Waals surface area contributed by atoms with Gasteiger partial charge in [-0.05, 0) is 17.7 Å². The maximum atomic E-state index is 11.2. The first-order valence-corrected chi connectivity index (χ1v) is 4.98. The normalized spacial score (nSPS) is 15.5. The summed E-state index contributed by atoms with van der Waals surface area (Å²) in [4.78, 5) is 22.1. The number of hydrogen-bond acceptors (Lipinski definition) is 4. The molecular weight excluding hydrogens is 222 g/mol. The number of nitrogens with one attached hydrogen (secondary N) is 1. The van der Waals surface area contributed by atoms with E-state index in [2.05, 4.69) is 10.4 Å². The smallest absolute Gasteiger partial charge is 0.344 e. The van der Waals surface area contributed by atoms with Crippen molar-refractivity contribution >= 4 is 18.2 Å². The van der Waals surface area contributed by atoms with Gasteiger partial charge in [0.15, 0.2) is 0 Å². The number of carbonyl (C=O) groups is 2. The van der Waals surface area contributed by atoms with E-state index in [0.717, 1.165) is 10.6 Å². The van der Waals surface area contributed by atoms with Crippen molar-refractivity contribution in [2.75, 3.05) is 13.7 Å². The zero-order valence-electron chi connectivity index (χ0n) is 9.21. The van der Waals surface area contributed by atoms with Gasteiger partial charge in [-0.3, -0.25) is 10.1 Å². The Morgan fingerprint density at radius 3 is 2.94 bits per heavy atom. The maximum Gasteiger partial charge on any atom is 0.344 e. The van der Waals surface area contributed by atoms with Crippen molar-refractivity contribution in [3.05, 3.63) is 29.8 Å². The Balaban J connectivity index is 2.09. The Kier molecular flexibility index (Phi) is 3.04. The van der Waals surface area contributed by atoms with Crippen LogP contribution in [0, 0.1) is 0 Å². The highest BCUT2D eigenvalue weighted by Crippen LogP contribution is 2.11. The number of rotatable bonds is 3. The van der Waals surface area contributed by atoms with Gasteiger partial charge in [0.25, 0.3) is 0 Å². The number of nitrogens with zero attached hydrogens (tertiary/aromatic N) is 2. The van der Waals surface area contributed by atoms with Crippen molar-refractivity contribution in [1.82, 2.24) is 10.3 Å². The minimum Gasteiger partial charge on any atom is -0.497 e. The Morgan fingerprint density at radius 1 is 1.47 bits per heavy atom. The number of imide groups is 1. The van der Waals surface area contributed by atoms with Gasteiger partial charge in [-0.15, -0.1) is 0 Å². The second kappa shape index (κ2) is 4.65. The minimum atomic E-state index is -0.505. The second-order valence-corrected chi connectivity index (χ2v) is 3.43. The third kappa shape index (κ3) is 2.60. The molecule has 0 unspecified atom stereocenters. The molecule has 88 valence electrons. The van der Waals surface area contributed by atoms with Gasteiger partial charge in [0.2, 0.25) is 5.91 Å². The lowest BCUT2D eigenvalue weighted by atomic mass is 10.2. The molecule has 1 aromatic rings. The van der Waals surface area contributed by atoms with E-state index in [0.29, 0.717) is 5.75 Å². The number of methoxy groups -OCH3 is 1. The summed E-state index contributed by atoms with van der Waals surface area (Å²) >= 11 is 0. The molecule has 0 atom stereocenters. The second-order valence-electron chi connectivity index (χ2n) is 3.43. The summed E-state index contributed by atoms with van der Waals surface area (Å²) in [6.45, 7) is -0.0424. The molecule has 17 heavy (non-hydrogen) atoms. The number of hydrogen-bond donors (Lipinski definition) is 1. The van der Waals surface area contributed by atoms with Crippen LogP contribution in [0.1, 0.15) is 5.56 Å². The molecule has 6 nitrogen and oxygen atoms in total. The first-order chi connectivity index (χ1) is 8.19. The molecule has 0 bridgehead atoms. The van der Waals surface area contributed by atoms with Gasteiger partial charge in [0.1, 0.15) is 12.3 Å². The third-order valence-electron chi connectivity index (χ3n) is 2.21. The fourth-order valence-corrected chi connectivity index (χ4v) is 1.38. The van der Waals surface area contributed by atoms with Crippen LogP contribution in [-0.2, 0) is 4.79 Å². The first kappa shape index (κ1) is 11.1. The monoisotopic (exact) mass is 233 g/mol. The molecule has 1 fully saturated rings. The van der Waals surface area contributed by atoms with Gasteiger partial charge in [-0.1, -0.05) is 12.1 Å². The molecule has 0 spiro atoms. The lowest BCUT2D eigenvalue weighted by Gasteiger charge is -2.04. The van der Waals surface area contributed by atoms with E-state index < -0.39 is 6.03 Å². The van der Waals surface area contributed by atoms with Crippen LogP contribution in [0.3, 0.4) is 0 Å². The quantitative estimate of drug-likeness (QED) is 0.613. The lowest BCUT2D eigenvalue weighted by molar-refractivity contribution is -0.118. The van der Waals surface area contributed by atoms with Crippen molar-refractivity contribution in [2.24, 2.45) is 5.10 Å². The van der Waals surface area contributed by atoms with Crippen LogP contribution in [0.5, 0.6) is 5.75 Å². The Hall–Kier alpha value is -2.37. The highest BCUT2D eigenvalue weighted by atomic mass is 16.5. The van der Waals surface area contributed by atoms with Gasteiger partial charge in [-0.25, -0.2) is 9.80 Å². The summed E-state index contributed by atoms with van der Waals surface area (Å²) in [5, 5.41) is 7.13. The number of urea groups is 1. The Labute approximate surface area is 97.9 Å². The number of hydrazone groups is 1. The van der Waals surface area contributed by atoms with Crippen molar-refractivity contribution < 1.29 is 14.3 Å². The molecule has 3 amide bonds. The molecule has 1 heterocycles. The topological polar surface area (TPSA) is 71.0 Å². The fraction of sp³-hybridized carbons (Fsp3) is 0.182. The molecule has 1 aromatic carbocycles.